The van der Waals surface area contributed by atoms with Gasteiger partial charge in [-0.3, -0.25) is 0 Å². The Morgan fingerprint density at radius 3 is 1.20 bits per heavy atom. The van der Waals surface area contributed by atoms with Gasteiger partial charge in [0, 0.05) is 26.4 Å². The fraction of sp³-hybridized carbons (Fsp3) is 0.556. The van der Waals surface area contributed by atoms with Gasteiger partial charge in [0.2, 0.25) is 0 Å². The minimum absolute atomic E-state index is 0.120. The second-order valence-corrected chi connectivity index (χ2v) is 16.7. The topological polar surface area (TPSA) is 0 Å². The molecule has 0 heterocycles. The molecule has 0 nitrogen and oxygen atoms in total. The number of halogens is 3. The van der Waals surface area contributed by atoms with Gasteiger partial charge in [-0.25, -0.2) is 0 Å². The van der Waals surface area contributed by atoms with E-state index in [0.29, 0.717) is 0 Å². The van der Waals surface area contributed by atoms with Crippen molar-refractivity contribution in [3.05, 3.63) is 40.3 Å². The van der Waals surface area contributed by atoms with Crippen molar-refractivity contribution < 1.29 is 13.2 Å². The first-order valence-corrected chi connectivity index (χ1v) is 18.3. The number of rotatable bonds is 1. The van der Waals surface area contributed by atoms with Crippen molar-refractivity contribution in [1.29, 1.82) is 0 Å². The molecule has 7 heteroatoms. The number of hydrogen-bond donors (Lipinski definition) is 0. The SMILES string of the molecule is C[Si](C)C.C[Si](C)C.C[Si](C)C.FC(F)(F)c1ccc(C=[CH][Ge])cc1. The maximum absolute atomic E-state index is 12.1. The van der Waals surface area contributed by atoms with Crippen LogP contribution in [0.1, 0.15) is 11.1 Å². The van der Waals surface area contributed by atoms with Gasteiger partial charge in [0.05, 0.1) is 0 Å². The molecule has 1 rings (SSSR count). The Morgan fingerprint density at radius 2 is 1.00 bits per heavy atom. The number of benzene rings is 1. The molecule has 0 aliphatic rings. The van der Waals surface area contributed by atoms with E-state index in [0.717, 1.165) is 17.7 Å². The quantitative estimate of drug-likeness (QED) is 0.395. The molecule has 6 radical (unpaired) electrons. The average molecular weight is 463 g/mol. The van der Waals surface area contributed by atoms with Crippen LogP contribution in [0.15, 0.2) is 29.2 Å². The number of alkyl halides is 3. The van der Waals surface area contributed by atoms with E-state index < -0.39 is 11.7 Å². The molecule has 0 aliphatic carbocycles. The molecule has 142 valence electrons. The Balaban J connectivity index is -0.000000333. The first-order valence-electron chi connectivity index (χ1n) is 8.05. The molecule has 0 saturated heterocycles. The molecule has 1 aromatic carbocycles. The van der Waals surface area contributed by atoms with Crippen molar-refractivity contribution in [2.24, 2.45) is 0 Å². The zero-order chi connectivity index (χ0) is 20.6. The second kappa shape index (κ2) is 17.4. The molecule has 0 amide bonds. The van der Waals surface area contributed by atoms with Gasteiger partial charge in [0.15, 0.2) is 0 Å². The fourth-order valence-electron chi connectivity index (χ4n) is 0.879. The van der Waals surface area contributed by atoms with Crippen molar-refractivity contribution >= 4 is 49.0 Å². The van der Waals surface area contributed by atoms with Crippen LogP contribution in [0.3, 0.4) is 0 Å². The van der Waals surface area contributed by atoms with Gasteiger partial charge in [-0.15, -0.1) is 0 Å². The third-order valence-electron chi connectivity index (χ3n) is 1.51. The normalized spacial score (nSPS) is 10.7. The summed E-state index contributed by atoms with van der Waals surface area (Å²) in [5.41, 5.74) is 0.163. The molecule has 0 N–H and O–H groups in total. The van der Waals surface area contributed by atoms with E-state index >= 15 is 0 Å². The maximum atomic E-state index is 12.1. The first kappa shape index (κ1) is 29.7. The fourth-order valence-corrected chi connectivity index (χ4v) is 1.28. The Hall–Kier alpha value is -0.0565. The van der Waals surface area contributed by atoms with E-state index in [2.05, 4.69) is 58.9 Å². The Kier molecular flexibility index (Phi) is 20.6. The monoisotopic (exact) mass is 464 g/mol. The summed E-state index contributed by atoms with van der Waals surface area (Å²) in [7, 11) is 0.361. The van der Waals surface area contributed by atoms with Crippen LogP contribution in [0.5, 0.6) is 0 Å². The summed E-state index contributed by atoms with van der Waals surface area (Å²) in [4.78, 5) is 1.78. The molecule has 0 spiro atoms. The van der Waals surface area contributed by atoms with E-state index in [9.17, 15) is 13.2 Å². The zero-order valence-electron chi connectivity index (χ0n) is 17.1. The van der Waals surface area contributed by atoms with Crippen LogP contribution < -0.4 is 0 Å². The van der Waals surface area contributed by atoms with E-state index in [4.69, 9.17) is 0 Å². The van der Waals surface area contributed by atoms with Crippen LogP contribution in [0.4, 0.5) is 13.2 Å². The van der Waals surface area contributed by atoms with Gasteiger partial charge in [-0.05, 0) is 0 Å². The van der Waals surface area contributed by atoms with Crippen LogP contribution in [-0.4, -0.2) is 42.9 Å². The molecule has 0 aliphatic heterocycles. The summed E-state index contributed by atoms with van der Waals surface area (Å²) in [6, 6.07) is 5.05. The van der Waals surface area contributed by atoms with Crippen molar-refractivity contribution in [3.8, 4) is 0 Å². The summed E-state index contributed by atoms with van der Waals surface area (Å²) < 4.78 is 36.3. The summed E-state index contributed by atoms with van der Waals surface area (Å²) >= 11 is 1.82. The van der Waals surface area contributed by atoms with Crippen LogP contribution >= 0.6 is 0 Å². The van der Waals surface area contributed by atoms with Crippen molar-refractivity contribution in [3.63, 3.8) is 0 Å². The van der Waals surface area contributed by atoms with E-state index in [1.165, 1.54) is 12.1 Å². The van der Waals surface area contributed by atoms with Crippen LogP contribution in [-0.2, 0) is 6.18 Å². The van der Waals surface area contributed by atoms with Gasteiger partial charge in [0.1, 0.15) is 0 Å². The van der Waals surface area contributed by atoms with Crippen LogP contribution in [0, 0.1) is 0 Å². The van der Waals surface area contributed by atoms with E-state index in [1.54, 1.807) is 11.0 Å². The number of hydrogen-bond acceptors (Lipinski definition) is 0. The zero-order valence-corrected chi connectivity index (χ0v) is 22.2. The molecule has 0 saturated carbocycles. The van der Waals surface area contributed by atoms with Gasteiger partial charge < -0.3 is 0 Å². The molecule has 1 aromatic rings. The summed E-state index contributed by atoms with van der Waals surface area (Å²) in [5, 5.41) is 0. The third-order valence-corrected chi connectivity index (χ3v) is 1.86. The molecule has 0 atom stereocenters. The third kappa shape index (κ3) is 32.1. The van der Waals surface area contributed by atoms with Gasteiger partial charge in [0.25, 0.3) is 0 Å². The Labute approximate surface area is 167 Å². The molecular formula is C18H33F3GeSi3. The Morgan fingerprint density at radius 1 is 0.720 bits per heavy atom. The first-order chi connectivity index (χ1) is 11.2. The van der Waals surface area contributed by atoms with E-state index in [-0.39, 0.29) is 26.4 Å². The molecule has 0 aromatic heterocycles. The second-order valence-electron chi connectivity index (χ2n) is 6.95. The standard InChI is InChI=1S/C9H6F3Ge.3C3H9Si/c10-9(11,12)8-3-1-7(2-4-8)5-6-13;3*1-4(2)3/h1-6H;3*1-3H3. The minimum atomic E-state index is -4.24. The van der Waals surface area contributed by atoms with E-state index in [1.807, 2.05) is 16.5 Å². The van der Waals surface area contributed by atoms with Crippen molar-refractivity contribution in [1.82, 2.24) is 0 Å². The molecule has 25 heavy (non-hydrogen) atoms. The van der Waals surface area contributed by atoms with Crippen LogP contribution in [0.2, 0.25) is 58.9 Å². The molecule has 0 fully saturated rings. The summed E-state index contributed by atoms with van der Waals surface area (Å²) in [6.07, 6.45) is -2.49. The predicted molar refractivity (Wildman–Crippen MR) is 116 cm³/mol. The molecular weight excluding hydrogens is 430 g/mol. The molecule has 0 unspecified atom stereocenters. The van der Waals surface area contributed by atoms with Crippen molar-refractivity contribution in [2.75, 3.05) is 0 Å². The van der Waals surface area contributed by atoms with Gasteiger partial charge >= 0.3 is 82.2 Å². The van der Waals surface area contributed by atoms with Gasteiger partial charge in [-0.2, -0.15) is 0 Å². The van der Waals surface area contributed by atoms with Gasteiger partial charge in [-0.1, -0.05) is 58.9 Å². The Bertz CT molecular complexity index is 406. The summed E-state index contributed by atoms with van der Waals surface area (Å²) in [5.74, 6) is 0. The summed E-state index contributed by atoms with van der Waals surface area (Å²) in [6.45, 7) is 20.4. The predicted octanol–water partition coefficient (Wildman–Crippen LogP) is 6.96. The molecule has 0 bridgehead atoms. The average Bonchev–Trinajstić information content (AvgIpc) is 2.36. The van der Waals surface area contributed by atoms with Crippen LogP contribution in [0.25, 0.3) is 6.08 Å². The van der Waals surface area contributed by atoms with Crippen molar-refractivity contribution in [2.45, 2.75) is 65.1 Å².